The summed E-state index contributed by atoms with van der Waals surface area (Å²) >= 11 is 5.95. The zero-order valence-electron chi connectivity index (χ0n) is 15.3. The fourth-order valence-corrected chi connectivity index (χ4v) is 3.85. The molecule has 1 heterocycles. The maximum absolute atomic E-state index is 13.5. The molecular weight excluding hydrogens is 351 g/mol. The molecule has 2 aromatic rings. The van der Waals surface area contributed by atoms with Crippen molar-refractivity contribution in [3.05, 3.63) is 69.5 Å². The molecule has 0 N–H and O–H groups in total. The second-order valence-corrected chi connectivity index (χ2v) is 7.40. The van der Waals surface area contributed by atoms with E-state index in [1.807, 2.05) is 36.9 Å². The van der Waals surface area contributed by atoms with E-state index in [1.165, 1.54) is 12.1 Å². The van der Waals surface area contributed by atoms with Gasteiger partial charge in [0.05, 0.1) is 0 Å². The van der Waals surface area contributed by atoms with Crippen LogP contribution in [0.3, 0.4) is 0 Å². The molecule has 0 atom stereocenters. The molecule has 0 spiro atoms. The molecule has 0 aliphatic carbocycles. The molecule has 1 aliphatic rings. The van der Waals surface area contributed by atoms with Gasteiger partial charge in [-0.2, -0.15) is 0 Å². The fraction of sp³-hybridized carbons (Fsp3) is 0.381. The van der Waals surface area contributed by atoms with E-state index >= 15 is 0 Å². The summed E-state index contributed by atoms with van der Waals surface area (Å²) < 4.78 is 13.5. The minimum absolute atomic E-state index is 0.108. The molecule has 0 radical (unpaired) electrons. The van der Waals surface area contributed by atoms with Crippen molar-refractivity contribution in [1.82, 2.24) is 9.80 Å². The third-order valence-corrected chi connectivity index (χ3v) is 5.12. The molecule has 2 aromatic carbocycles. The van der Waals surface area contributed by atoms with Crippen LogP contribution in [0.25, 0.3) is 0 Å². The molecule has 0 unspecified atom stereocenters. The minimum atomic E-state index is -0.311. The van der Waals surface area contributed by atoms with E-state index in [0.717, 1.165) is 48.3 Å². The van der Waals surface area contributed by atoms with E-state index in [2.05, 4.69) is 4.90 Å². The second-order valence-electron chi connectivity index (χ2n) is 6.97. The van der Waals surface area contributed by atoms with Crippen LogP contribution in [0.1, 0.15) is 33.5 Å². The molecule has 0 saturated carbocycles. The predicted molar refractivity (Wildman–Crippen MR) is 103 cm³/mol. The molecule has 0 bridgehead atoms. The van der Waals surface area contributed by atoms with Gasteiger partial charge in [-0.1, -0.05) is 29.8 Å². The summed E-state index contributed by atoms with van der Waals surface area (Å²) in [7, 11) is 0. The lowest BCUT2D eigenvalue weighted by molar-refractivity contribution is 0.0759. The smallest absolute Gasteiger partial charge is 0.254 e. The van der Waals surface area contributed by atoms with Crippen LogP contribution in [0.2, 0.25) is 5.02 Å². The quantitative estimate of drug-likeness (QED) is 0.792. The largest absolute Gasteiger partial charge is 0.337 e. The van der Waals surface area contributed by atoms with Crippen LogP contribution in [0, 0.1) is 19.7 Å². The van der Waals surface area contributed by atoms with Crippen LogP contribution in [-0.2, 0) is 6.54 Å². The van der Waals surface area contributed by atoms with Crippen LogP contribution in [0.4, 0.5) is 4.39 Å². The highest BCUT2D eigenvalue weighted by Crippen LogP contribution is 2.19. The summed E-state index contributed by atoms with van der Waals surface area (Å²) in [5, 5.41) is 0.418. The molecule has 26 heavy (non-hydrogen) atoms. The van der Waals surface area contributed by atoms with Gasteiger partial charge in [0.15, 0.2) is 0 Å². The van der Waals surface area contributed by atoms with Crippen molar-refractivity contribution < 1.29 is 9.18 Å². The summed E-state index contributed by atoms with van der Waals surface area (Å²) in [5.74, 6) is -0.203. The summed E-state index contributed by atoms with van der Waals surface area (Å²) in [5.41, 5.74) is 3.72. The summed E-state index contributed by atoms with van der Waals surface area (Å²) in [4.78, 5) is 17.2. The molecule has 0 aromatic heterocycles. The number of aryl methyl sites for hydroxylation is 2. The molecule has 3 rings (SSSR count). The molecule has 1 fully saturated rings. The Labute approximate surface area is 159 Å². The number of hydrogen-bond acceptors (Lipinski definition) is 2. The monoisotopic (exact) mass is 374 g/mol. The van der Waals surface area contributed by atoms with Gasteiger partial charge < -0.3 is 4.90 Å². The van der Waals surface area contributed by atoms with Gasteiger partial charge in [-0.3, -0.25) is 9.69 Å². The van der Waals surface area contributed by atoms with Crippen LogP contribution >= 0.6 is 11.6 Å². The number of carbonyl (C=O) groups excluding carboxylic acids is 1. The van der Waals surface area contributed by atoms with Gasteiger partial charge in [0.25, 0.3) is 5.91 Å². The third-order valence-electron chi connectivity index (χ3n) is 4.90. The standard InChI is InChI=1S/C21H24ClFN2O/c1-15-5-3-6-16(2)20(15)21(26)25-8-4-7-24(9-10-25)14-17-11-18(22)13-19(23)12-17/h3,5-6,11-13H,4,7-10,14H2,1-2H3. The van der Waals surface area contributed by atoms with Crippen molar-refractivity contribution in [2.75, 3.05) is 26.2 Å². The molecule has 1 amide bonds. The Kier molecular flexibility index (Phi) is 5.94. The van der Waals surface area contributed by atoms with Gasteiger partial charge in [0, 0.05) is 43.3 Å². The van der Waals surface area contributed by atoms with Crippen molar-refractivity contribution in [1.29, 1.82) is 0 Å². The van der Waals surface area contributed by atoms with Crippen molar-refractivity contribution >= 4 is 17.5 Å². The number of hydrogen-bond donors (Lipinski definition) is 0. The zero-order valence-corrected chi connectivity index (χ0v) is 16.0. The Morgan fingerprint density at radius 1 is 1.08 bits per heavy atom. The Bertz CT molecular complexity index is 768. The van der Waals surface area contributed by atoms with E-state index in [-0.39, 0.29) is 11.7 Å². The molecule has 3 nitrogen and oxygen atoms in total. The van der Waals surface area contributed by atoms with E-state index in [1.54, 1.807) is 6.07 Å². The third kappa shape index (κ3) is 4.43. The summed E-state index contributed by atoms with van der Waals surface area (Å²) in [6, 6.07) is 10.6. The lowest BCUT2D eigenvalue weighted by Gasteiger charge is -2.23. The number of benzene rings is 2. The number of nitrogens with zero attached hydrogens (tertiary/aromatic N) is 2. The van der Waals surface area contributed by atoms with E-state index in [0.29, 0.717) is 18.1 Å². The SMILES string of the molecule is Cc1cccc(C)c1C(=O)N1CCCN(Cc2cc(F)cc(Cl)c2)CC1. The molecule has 5 heteroatoms. The Morgan fingerprint density at radius 3 is 2.50 bits per heavy atom. The average molecular weight is 375 g/mol. The first-order valence-corrected chi connectivity index (χ1v) is 9.34. The van der Waals surface area contributed by atoms with Crippen LogP contribution in [0.5, 0.6) is 0 Å². The van der Waals surface area contributed by atoms with Crippen molar-refractivity contribution in [2.24, 2.45) is 0 Å². The molecule has 1 saturated heterocycles. The predicted octanol–water partition coefficient (Wildman–Crippen LogP) is 4.44. The van der Waals surface area contributed by atoms with Gasteiger partial charge in [-0.25, -0.2) is 4.39 Å². The second kappa shape index (κ2) is 8.19. The molecule has 138 valence electrons. The van der Waals surface area contributed by atoms with Crippen LogP contribution < -0.4 is 0 Å². The lowest BCUT2D eigenvalue weighted by Crippen LogP contribution is -2.35. The average Bonchev–Trinajstić information content (AvgIpc) is 2.79. The maximum atomic E-state index is 13.5. The lowest BCUT2D eigenvalue weighted by atomic mass is 10.0. The van der Waals surface area contributed by atoms with Gasteiger partial charge in [-0.05, 0) is 55.2 Å². The highest BCUT2D eigenvalue weighted by Gasteiger charge is 2.22. The van der Waals surface area contributed by atoms with Crippen LogP contribution in [0.15, 0.2) is 36.4 Å². The van der Waals surface area contributed by atoms with Gasteiger partial charge in [0.1, 0.15) is 5.82 Å². The molecule has 1 aliphatic heterocycles. The Morgan fingerprint density at radius 2 is 1.81 bits per heavy atom. The highest BCUT2D eigenvalue weighted by atomic mass is 35.5. The topological polar surface area (TPSA) is 23.6 Å². The van der Waals surface area contributed by atoms with Gasteiger partial charge >= 0.3 is 0 Å². The molecular formula is C21H24ClFN2O. The van der Waals surface area contributed by atoms with Crippen molar-refractivity contribution in [2.45, 2.75) is 26.8 Å². The summed E-state index contributed by atoms with van der Waals surface area (Å²) in [6.45, 7) is 7.68. The van der Waals surface area contributed by atoms with Crippen molar-refractivity contribution in [3.8, 4) is 0 Å². The number of carbonyl (C=O) groups is 1. The maximum Gasteiger partial charge on any atom is 0.254 e. The van der Waals surface area contributed by atoms with Crippen LogP contribution in [-0.4, -0.2) is 41.9 Å². The first-order chi connectivity index (χ1) is 12.4. The minimum Gasteiger partial charge on any atom is -0.337 e. The summed E-state index contributed by atoms with van der Waals surface area (Å²) in [6.07, 6.45) is 0.902. The zero-order chi connectivity index (χ0) is 18.7. The fourth-order valence-electron chi connectivity index (χ4n) is 3.60. The normalized spacial score (nSPS) is 15.8. The number of halogens is 2. The van der Waals surface area contributed by atoms with E-state index < -0.39 is 0 Å². The Hall–Kier alpha value is -1.91. The first kappa shape index (κ1) is 18.9. The number of amides is 1. The van der Waals surface area contributed by atoms with Crippen molar-refractivity contribution in [3.63, 3.8) is 0 Å². The van der Waals surface area contributed by atoms with E-state index in [4.69, 9.17) is 11.6 Å². The first-order valence-electron chi connectivity index (χ1n) is 8.97. The van der Waals surface area contributed by atoms with Gasteiger partial charge in [0.2, 0.25) is 0 Å². The Balaban J connectivity index is 1.67. The van der Waals surface area contributed by atoms with Gasteiger partial charge in [-0.15, -0.1) is 0 Å². The highest BCUT2D eigenvalue weighted by molar-refractivity contribution is 6.30. The number of rotatable bonds is 3. The van der Waals surface area contributed by atoms with E-state index in [9.17, 15) is 9.18 Å².